The molecule has 0 radical (unpaired) electrons. The number of aliphatic hydroxyl groups excluding tert-OH is 2. The molecule has 0 saturated heterocycles. The van der Waals surface area contributed by atoms with Gasteiger partial charge in [-0.2, -0.15) is 9.97 Å². The average molecular weight is 1540 g/mol. The second kappa shape index (κ2) is 48.4. The van der Waals surface area contributed by atoms with Gasteiger partial charge in [-0.25, -0.2) is 9.97 Å². The number of benzene rings is 8. The minimum absolute atomic E-state index is 0. The number of hydrogen-bond donors (Lipinski definition) is 3. The number of aldehydes is 1. The summed E-state index contributed by atoms with van der Waals surface area (Å²) in [5.74, 6) is 4.15. The van der Waals surface area contributed by atoms with Crippen molar-refractivity contribution < 1.29 is 80.2 Å². The third-order valence-electron chi connectivity index (χ3n) is 17.7. The molecule has 579 valence electrons. The summed E-state index contributed by atoms with van der Waals surface area (Å²) in [6.45, 7) is 21.0. The van der Waals surface area contributed by atoms with Crippen LogP contribution in [0, 0.1) is 27.7 Å². The van der Waals surface area contributed by atoms with Crippen LogP contribution in [0.2, 0.25) is 0 Å². The molecule has 10 aromatic rings. The van der Waals surface area contributed by atoms with E-state index in [1.165, 1.54) is 68.7 Å². The Kier molecular flexibility index (Phi) is 41.4. The van der Waals surface area contributed by atoms with E-state index in [2.05, 4.69) is 140 Å². The third-order valence-corrected chi connectivity index (χ3v) is 17.7. The van der Waals surface area contributed by atoms with Crippen molar-refractivity contribution in [2.24, 2.45) is 0 Å². The molecule has 5 atom stereocenters. The van der Waals surface area contributed by atoms with Crippen molar-refractivity contribution in [2.75, 3.05) is 70.2 Å². The van der Waals surface area contributed by atoms with Crippen LogP contribution in [-0.2, 0) is 54.8 Å². The summed E-state index contributed by atoms with van der Waals surface area (Å²) in [4.78, 5) is 41.4. The fourth-order valence-electron chi connectivity index (χ4n) is 12.4. The zero-order valence-corrected chi connectivity index (χ0v) is 67.2. The molecule has 8 aromatic carbocycles. The molecule has 0 aliphatic rings. The van der Waals surface area contributed by atoms with Crippen LogP contribution in [-0.4, -0.2) is 112 Å². The molecule has 10 rings (SSSR count). The molecular weight excluding hydrogens is 1420 g/mol. The van der Waals surface area contributed by atoms with E-state index in [9.17, 15) is 19.8 Å². The van der Waals surface area contributed by atoms with Gasteiger partial charge < -0.3 is 54.3 Å². The molecular formula is C87H110MnN5O14P. The first-order valence-corrected chi connectivity index (χ1v) is 37.6. The Hall–Kier alpha value is -9.91. The van der Waals surface area contributed by atoms with Crippen LogP contribution in [0.25, 0.3) is 0 Å². The molecule has 0 fully saturated rings. The van der Waals surface area contributed by atoms with Crippen molar-refractivity contribution in [2.45, 2.75) is 125 Å². The number of carbonyl (C=O) groups excluding carboxylic acids is 2. The van der Waals surface area contributed by atoms with Crippen molar-refractivity contribution in [3.63, 3.8) is 0 Å². The zero-order valence-electron chi connectivity index (χ0n) is 65.0. The van der Waals surface area contributed by atoms with Crippen LogP contribution < -0.4 is 44.0 Å². The van der Waals surface area contributed by atoms with Gasteiger partial charge in [0.15, 0.2) is 5.78 Å². The quantitative estimate of drug-likeness (QED) is 0.0197. The van der Waals surface area contributed by atoms with Crippen LogP contribution in [0.4, 0.5) is 0 Å². The topological polar surface area (TPSA) is 269 Å². The molecule has 0 spiro atoms. The molecule has 2 aromatic heterocycles. The number of rotatable bonds is 26. The van der Waals surface area contributed by atoms with Gasteiger partial charge in [-0.3, -0.25) is 9.59 Å². The predicted molar refractivity (Wildman–Crippen MR) is 428 cm³/mol. The summed E-state index contributed by atoms with van der Waals surface area (Å²) in [6, 6.07) is 57.4. The van der Waals surface area contributed by atoms with Gasteiger partial charge in [0.25, 0.3) is 0 Å². The normalized spacial score (nSPS) is 11.6. The van der Waals surface area contributed by atoms with Gasteiger partial charge in [0.1, 0.15) is 41.0 Å². The van der Waals surface area contributed by atoms with Crippen molar-refractivity contribution in [1.29, 1.82) is 0 Å². The summed E-state index contributed by atoms with van der Waals surface area (Å²) < 4.78 is 59.3. The summed E-state index contributed by atoms with van der Waals surface area (Å²) in [6.07, 6.45) is 6.46. The Bertz CT molecular complexity index is 4400. The van der Waals surface area contributed by atoms with Crippen molar-refractivity contribution >= 4 is 20.7 Å². The van der Waals surface area contributed by atoms with Gasteiger partial charge in [-0.15, -0.1) is 8.58 Å². The van der Waals surface area contributed by atoms with Crippen LogP contribution >= 0.6 is 8.58 Å². The fraction of sp³-hybridized carbons (Fsp3) is 0.333. The fourth-order valence-corrected chi connectivity index (χ4v) is 12.4. The Morgan fingerprint density at radius 2 is 0.787 bits per heavy atom. The Labute approximate surface area is 647 Å². The standard InChI is InChI=1S/C24H28N2O4.C24H26N2O4.C18H22O2.C18H20O2.C2H7P.CH4.Mn.H3N.2O/c2*1-15(11-17-9-7-6-8-10-17)18-12-16(2)21(28-3)13-19(18)22(27)20-14-25-24(30-5)26-23(20)29-4;2*1-13(9-15-7-5-4-6-8-15)17-10-14(2)18(20-3)11-16(17)12-19;1-3-2;;;;;/h6-10,12-15,22,27H,11H2,1-5H3;6-10,12-15H,11H2,1-5H3;4-8,10-11,13,19H,9,12H2,1-3H3;4-8,10-13H,9H2,1-3H3;3H,1-2H3;1H4;;1H3;;. The van der Waals surface area contributed by atoms with E-state index in [-0.39, 0.29) is 67.1 Å². The molecule has 0 bridgehead atoms. The molecule has 5 N–H and O–H groups in total. The van der Waals surface area contributed by atoms with Crippen LogP contribution in [0.3, 0.4) is 0 Å². The van der Waals surface area contributed by atoms with Gasteiger partial charge >= 0.3 is 34.5 Å². The van der Waals surface area contributed by atoms with E-state index >= 15 is 0 Å². The molecule has 21 heteroatoms. The number of carbonyl (C=O) groups is 2. The summed E-state index contributed by atoms with van der Waals surface area (Å²) >= 11 is -1.44. The summed E-state index contributed by atoms with van der Waals surface area (Å²) in [5.41, 5.74) is 17.2. The Morgan fingerprint density at radius 3 is 1.19 bits per heavy atom. The number of aromatic nitrogens is 4. The molecule has 0 aliphatic heterocycles. The zero-order chi connectivity index (χ0) is 77.8. The third kappa shape index (κ3) is 26.8. The van der Waals surface area contributed by atoms with Crippen molar-refractivity contribution in [3.8, 4) is 46.8 Å². The van der Waals surface area contributed by atoms with Gasteiger partial charge in [0.05, 0.1) is 69.0 Å². The maximum atomic E-state index is 13.5. The van der Waals surface area contributed by atoms with Gasteiger partial charge in [0.2, 0.25) is 11.8 Å². The van der Waals surface area contributed by atoms with Gasteiger partial charge in [-0.05, 0) is 193 Å². The van der Waals surface area contributed by atoms with Gasteiger partial charge in [0, 0.05) is 23.5 Å². The number of aryl methyl sites for hydroxylation is 4. The number of nitrogens with zero attached hydrogens (tertiary/aromatic N) is 4. The molecule has 0 saturated carbocycles. The number of ketones is 1. The monoisotopic (exact) mass is 1530 g/mol. The maximum absolute atomic E-state index is 13.5. The van der Waals surface area contributed by atoms with E-state index in [1.807, 2.05) is 113 Å². The number of hydrogen-bond acceptors (Lipinski definition) is 19. The second-order valence-electron chi connectivity index (χ2n) is 25.4. The molecule has 108 heavy (non-hydrogen) atoms. The second-order valence-corrected chi connectivity index (χ2v) is 26.6. The van der Waals surface area contributed by atoms with Crippen LogP contribution in [0.5, 0.6) is 46.8 Å². The van der Waals surface area contributed by atoms with Gasteiger partial charge in [-0.1, -0.05) is 181 Å². The minimum atomic E-state index is -1.44. The first kappa shape index (κ1) is 92.3. The van der Waals surface area contributed by atoms with E-state index in [0.717, 1.165) is 108 Å². The SMILES string of the molecule is C.COc1cc(C=O)c(C(C)Cc2ccccc2)cc1C.COc1cc(CO)c(C(C)Cc2ccccc2)cc1C.COc1ncc(C(=O)c2cc(OC)c(C)cc2C(C)Cc2ccccc2)c(OC)n1.COc1ncc(C(O)c2cc(OC)c(C)cc2C(C)Cc2ccccc2)c(OC)n1.CPC.N.[O]=[Mn]=[O]. The van der Waals surface area contributed by atoms with Crippen molar-refractivity contribution in [1.82, 2.24) is 26.1 Å². The van der Waals surface area contributed by atoms with E-state index < -0.39 is 20.9 Å². The van der Waals surface area contributed by atoms with Crippen LogP contribution in [0.1, 0.15) is 175 Å². The Morgan fingerprint density at radius 1 is 0.444 bits per heavy atom. The first-order chi connectivity index (χ1) is 51.1. The van der Waals surface area contributed by atoms with Crippen LogP contribution in [0.15, 0.2) is 182 Å². The molecule has 0 amide bonds. The average Bonchev–Trinajstić information content (AvgIpc) is 0.793. The summed E-state index contributed by atoms with van der Waals surface area (Å²) in [5, 5.41) is 20.9. The van der Waals surface area contributed by atoms with E-state index in [0.29, 0.717) is 34.5 Å². The first-order valence-electron chi connectivity index (χ1n) is 34.6. The molecule has 5 unspecified atom stereocenters. The molecule has 2 heterocycles. The van der Waals surface area contributed by atoms with E-state index in [4.69, 9.17) is 45.6 Å². The number of aliphatic hydroxyl groups is 2. The number of ether oxygens (including phenoxy) is 8. The summed E-state index contributed by atoms with van der Waals surface area (Å²) in [7, 11) is 13.5. The van der Waals surface area contributed by atoms with Crippen molar-refractivity contribution in [3.05, 3.63) is 282 Å². The molecule has 0 aliphatic carbocycles. The predicted octanol–water partition coefficient (Wildman–Crippen LogP) is 18.1. The van der Waals surface area contributed by atoms with E-state index in [1.54, 1.807) is 34.5 Å². The number of methoxy groups -OCH3 is 8. The Balaban J connectivity index is 0.000000367. The molecule has 19 nitrogen and oxygen atoms in total.